The molecule has 2 amide bonds. The van der Waals surface area contributed by atoms with Gasteiger partial charge in [0.2, 0.25) is 0 Å². The Kier molecular flexibility index (Phi) is 8.34. The Labute approximate surface area is 246 Å². The second-order valence-electron chi connectivity index (χ2n) is 9.78. The van der Waals surface area contributed by atoms with Crippen molar-refractivity contribution in [3.63, 3.8) is 0 Å². The average Bonchev–Trinajstić information content (AvgIpc) is 3.50. The first kappa shape index (κ1) is 28.9. The first-order valence-corrected chi connectivity index (χ1v) is 14.3. The van der Waals surface area contributed by atoms with Crippen molar-refractivity contribution in [2.45, 2.75) is 33.2 Å². The van der Waals surface area contributed by atoms with Gasteiger partial charge in [0.05, 0.1) is 24.8 Å². The Morgan fingerprint density at radius 1 is 1.05 bits per heavy atom. The summed E-state index contributed by atoms with van der Waals surface area (Å²) in [4.78, 5) is 42.9. The topological polar surface area (TPSA) is 129 Å². The van der Waals surface area contributed by atoms with E-state index in [0.29, 0.717) is 52.8 Å². The predicted octanol–water partition coefficient (Wildman–Crippen LogP) is 4.59. The van der Waals surface area contributed by atoms with Crippen LogP contribution in [0.2, 0.25) is 0 Å². The summed E-state index contributed by atoms with van der Waals surface area (Å²) in [5.41, 5.74) is 4.82. The molecule has 5 rings (SSSR count). The van der Waals surface area contributed by atoms with E-state index in [9.17, 15) is 14.4 Å². The summed E-state index contributed by atoms with van der Waals surface area (Å²) in [5.74, 6) is 1.26. The second kappa shape index (κ2) is 12.1. The lowest BCUT2D eigenvalue weighted by Crippen LogP contribution is -2.27. The maximum absolute atomic E-state index is 13.9. The smallest absolute Gasteiger partial charge is 0.290 e. The molecule has 1 saturated heterocycles. The molecule has 1 aliphatic rings. The number of anilines is 1. The Hall–Kier alpha value is -4.58. The first-order chi connectivity index (χ1) is 20.2. The van der Waals surface area contributed by atoms with Gasteiger partial charge in [-0.05, 0) is 66.6 Å². The number of allylic oxidation sites excluding steroid dienone is 1. The van der Waals surface area contributed by atoms with Gasteiger partial charge in [0.15, 0.2) is 17.0 Å². The van der Waals surface area contributed by atoms with Crippen molar-refractivity contribution in [3.8, 4) is 22.9 Å². The number of thioether (sulfide) groups is 1. The Morgan fingerprint density at radius 3 is 2.43 bits per heavy atom. The summed E-state index contributed by atoms with van der Waals surface area (Å²) in [6.07, 6.45) is 1.60. The lowest BCUT2D eigenvalue weighted by molar-refractivity contribution is -0.115. The number of aryl methyl sites for hydroxylation is 2. The van der Waals surface area contributed by atoms with E-state index in [1.807, 2.05) is 43.3 Å². The first-order valence-electron chi connectivity index (χ1n) is 13.5. The van der Waals surface area contributed by atoms with Crippen LogP contribution in [0, 0.1) is 0 Å². The number of nitrogens with zero attached hydrogens (tertiary/aromatic N) is 4. The van der Waals surface area contributed by atoms with Crippen LogP contribution >= 0.6 is 11.8 Å². The van der Waals surface area contributed by atoms with Crippen molar-refractivity contribution in [1.82, 2.24) is 24.6 Å². The zero-order valence-corrected chi connectivity index (χ0v) is 24.9. The third-order valence-electron chi connectivity index (χ3n) is 7.08. The number of methoxy groups -OCH3 is 2. The molecular weight excluding hydrogens is 556 g/mol. The molecule has 2 aromatic heterocycles. The van der Waals surface area contributed by atoms with Crippen molar-refractivity contribution >= 4 is 45.2 Å². The van der Waals surface area contributed by atoms with Gasteiger partial charge in [-0.25, -0.2) is 4.98 Å². The van der Waals surface area contributed by atoms with Crippen LogP contribution in [0.25, 0.3) is 28.0 Å². The highest BCUT2D eigenvalue weighted by Crippen LogP contribution is 2.33. The number of carbonyl (C=O) groups is 2. The van der Waals surface area contributed by atoms with Gasteiger partial charge >= 0.3 is 0 Å². The monoisotopic (exact) mass is 588 g/mol. The standard InChI is InChI=1S/C30H32N6O5S/c1-6-7-21-24-25(35(3)34-21)29(38)36(27(32-24)19-10-13-22(40-4)23(16-19)41-5)15-14-31-20-11-8-18(9-12-20)17(2)26-28(37)33-30(39)42-26/h8-13,16,31H,6-7,14-15H2,1-5H3,(H,33,37,39). The van der Waals surface area contributed by atoms with Crippen molar-refractivity contribution in [2.24, 2.45) is 7.05 Å². The molecule has 0 saturated carbocycles. The van der Waals surface area contributed by atoms with Crippen molar-refractivity contribution in [1.29, 1.82) is 0 Å². The van der Waals surface area contributed by atoms with Gasteiger partial charge in [-0.15, -0.1) is 0 Å². The van der Waals surface area contributed by atoms with Crippen LogP contribution in [0.5, 0.6) is 11.5 Å². The molecule has 1 aliphatic heterocycles. The fourth-order valence-corrected chi connectivity index (χ4v) is 5.71. The van der Waals surface area contributed by atoms with Gasteiger partial charge in [-0.2, -0.15) is 5.10 Å². The molecule has 3 heterocycles. The molecular formula is C30H32N6O5S. The Bertz CT molecular complexity index is 1770. The van der Waals surface area contributed by atoms with E-state index in [-0.39, 0.29) is 16.7 Å². The third kappa shape index (κ3) is 5.49. The molecule has 2 N–H and O–H groups in total. The van der Waals surface area contributed by atoms with E-state index in [4.69, 9.17) is 14.5 Å². The summed E-state index contributed by atoms with van der Waals surface area (Å²) >= 11 is 0.908. The van der Waals surface area contributed by atoms with Crippen molar-refractivity contribution in [3.05, 3.63) is 69.0 Å². The number of aromatic nitrogens is 4. The number of ether oxygens (including phenoxy) is 2. The number of hydrogen-bond donors (Lipinski definition) is 2. The molecule has 0 radical (unpaired) electrons. The van der Waals surface area contributed by atoms with Gasteiger partial charge in [0, 0.05) is 31.4 Å². The summed E-state index contributed by atoms with van der Waals surface area (Å²) in [6.45, 7) is 4.67. The SMILES string of the molecule is CCCc1nn(C)c2c(=O)n(CCNc3ccc(C(C)=C4SC(=O)NC4=O)cc3)c(-c3ccc(OC)c(OC)c3)nc12. The van der Waals surface area contributed by atoms with E-state index >= 15 is 0 Å². The van der Waals surface area contributed by atoms with Gasteiger partial charge in [0.1, 0.15) is 11.3 Å². The zero-order chi connectivity index (χ0) is 30.0. The van der Waals surface area contributed by atoms with Gasteiger partial charge in [-0.1, -0.05) is 25.5 Å². The third-order valence-corrected chi connectivity index (χ3v) is 8.06. The van der Waals surface area contributed by atoms with E-state index < -0.39 is 0 Å². The van der Waals surface area contributed by atoms with Crippen LogP contribution in [-0.2, 0) is 24.8 Å². The minimum atomic E-state index is -0.374. The lowest BCUT2D eigenvalue weighted by atomic mass is 10.1. The molecule has 2 aromatic carbocycles. The molecule has 1 fully saturated rings. The molecule has 0 unspecified atom stereocenters. The predicted molar refractivity (Wildman–Crippen MR) is 164 cm³/mol. The van der Waals surface area contributed by atoms with E-state index in [1.165, 1.54) is 0 Å². The molecule has 0 spiro atoms. The average molecular weight is 589 g/mol. The maximum Gasteiger partial charge on any atom is 0.290 e. The number of hydrogen-bond acceptors (Lipinski definition) is 9. The number of rotatable bonds is 10. The van der Waals surface area contributed by atoms with Gasteiger partial charge in [-0.3, -0.25) is 28.9 Å². The second-order valence-corrected chi connectivity index (χ2v) is 10.8. The summed E-state index contributed by atoms with van der Waals surface area (Å²) in [6, 6.07) is 13.1. The number of fused-ring (bicyclic) bond motifs is 1. The van der Waals surface area contributed by atoms with Crippen molar-refractivity contribution < 1.29 is 19.1 Å². The van der Waals surface area contributed by atoms with Crippen LogP contribution in [0.3, 0.4) is 0 Å². The molecule has 42 heavy (non-hydrogen) atoms. The normalized spacial score (nSPS) is 14.3. The van der Waals surface area contributed by atoms with Gasteiger partial charge < -0.3 is 14.8 Å². The minimum Gasteiger partial charge on any atom is -0.493 e. The van der Waals surface area contributed by atoms with E-state index in [2.05, 4.69) is 22.7 Å². The largest absolute Gasteiger partial charge is 0.493 e. The summed E-state index contributed by atoms with van der Waals surface area (Å²) in [5, 5.41) is 9.89. The molecule has 0 atom stereocenters. The Balaban J connectivity index is 1.45. The number of carbonyl (C=O) groups excluding carboxylic acids is 2. The molecule has 0 aliphatic carbocycles. The maximum atomic E-state index is 13.9. The van der Waals surface area contributed by atoms with Crippen LogP contribution in [0.4, 0.5) is 10.5 Å². The highest BCUT2D eigenvalue weighted by atomic mass is 32.2. The van der Waals surface area contributed by atoms with Crippen LogP contribution < -0.4 is 25.7 Å². The molecule has 11 nitrogen and oxygen atoms in total. The number of benzene rings is 2. The fraction of sp³-hybridized carbons (Fsp3) is 0.300. The van der Waals surface area contributed by atoms with Crippen molar-refractivity contribution in [2.75, 3.05) is 26.1 Å². The van der Waals surface area contributed by atoms with Crippen LogP contribution in [0.1, 0.15) is 31.5 Å². The molecule has 12 heteroatoms. The van der Waals surface area contributed by atoms with E-state index in [0.717, 1.165) is 46.3 Å². The fourth-order valence-electron chi connectivity index (χ4n) is 4.97. The number of amides is 2. The summed E-state index contributed by atoms with van der Waals surface area (Å²) in [7, 11) is 4.91. The molecule has 4 aromatic rings. The quantitative estimate of drug-likeness (QED) is 0.256. The lowest BCUT2D eigenvalue weighted by Gasteiger charge is -2.16. The van der Waals surface area contributed by atoms with Crippen LogP contribution in [0.15, 0.2) is 52.2 Å². The number of nitrogens with one attached hydrogen (secondary N) is 2. The van der Waals surface area contributed by atoms with Gasteiger partial charge in [0.25, 0.3) is 16.7 Å². The molecule has 0 bridgehead atoms. The highest BCUT2D eigenvalue weighted by molar-refractivity contribution is 8.18. The summed E-state index contributed by atoms with van der Waals surface area (Å²) < 4.78 is 14.2. The Morgan fingerprint density at radius 2 is 1.79 bits per heavy atom. The molecule has 218 valence electrons. The van der Waals surface area contributed by atoms with E-state index in [1.54, 1.807) is 36.6 Å². The highest BCUT2D eigenvalue weighted by Gasteiger charge is 2.27. The minimum absolute atomic E-state index is 0.177. The number of imide groups is 1. The van der Waals surface area contributed by atoms with Crippen LogP contribution in [-0.4, -0.2) is 51.2 Å². The zero-order valence-electron chi connectivity index (χ0n) is 24.1.